The van der Waals surface area contributed by atoms with Crippen LogP contribution in [0, 0.1) is 18.3 Å². The highest BCUT2D eigenvalue weighted by atomic mass is 35.5. The SMILES string of the molecule is CCN(CC)C(=O)c1sc(NC(=O)/C=C/c2ccc(Cl)cc2Cl)c(C#N)c1C. The van der Waals surface area contributed by atoms with Gasteiger partial charge in [-0.2, -0.15) is 5.26 Å². The molecule has 0 aliphatic heterocycles. The highest BCUT2D eigenvalue weighted by Gasteiger charge is 2.23. The van der Waals surface area contributed by atoms with Crippen molar-refractivity contribution in [3.63, 3.8) is 0 Å². The van der Waals surface area contributed by atoms with Crippen molar-refractivity contribution >= 4 is 57.4 Å². The first kappa shape index (κ1) is 22.0. The van der Waals surface area contributed by atoms with Crippen molar-refractivity contribution in [2.75, 3.05) is 18.4 Å². The number of carbonyl (C=O) groups is 2. The van der Waals surface area contributed by atoms with Gasteiger partial charge < -0.3 is 10.2 Å². The first-order chi connectivity index (χ1) is 13.3. The van der Waals surface area contributed by atoms with E-state index in [1.165, 1.54) is 6.08 Å². The average Bonchev–Trinajstić information content (AvgIpc) is 2.97. The molecule has 1 N–H and O–H groups in total. The van der Waals surface area contributed by atoms with Gasteiger partial charge in [-0.25, -0.2) is 0 Å². The number of nitriles is 1. The standard InChI is InChI=1S/C20H19Cl2N3O2S/c1-4-25(5-2)20(27)18-12(3)15(11-23)19(28-18)24-17(26)9-7-13-6-8-14(21)10-16(13)22/h6-10H,4-5H2,1-3H3,(H,24,26)/b9-7+. The van der Waals surface area contributed by atoms with Crippen LogP contribution in [-0.4, -0.2) is 29.8 Å². The molecule has 2 rings (SSSR count). The molecule has 0 saturated heterocycles. The Morgan fingerprint density at radius 2 is 1.96 bits per heavy atom. The topological polar surface area (TPSA) is 73.2 Å². The molecule has 0 fully saturated rings. The largest absolute Gasteiger partial charge is 0.338 e. The van der Waals surface area contributed by atoms with Crippen LogP contribution >= 0.6 is 34.5 Å². The van der Waals surface area contributed by atoms with Gasteiger partial charge in [-0.15, -0.1) is 11.3 Å². The lowest BCUT2D eigenvalue weighted by atomic mass is 10.1. The van der Waals surface area contributed by atoms with Gasteiger partial charge in [0, 0.05) is 29.2 Å². The quantitative estimate of drug-likeness (QED) is 0.619. The Kier molecular flexibility index (Phi) is 7.64. The molecule has 0 bridgehead atoms. The molecule has 0 atom stereocenters. The number of thiophene rings is 1. The van der Waals surface area contributed by atoms with E-state index in [-0.39, 0.29) is 5.91 Å². The van der Waals surface area contributed by atoms with Crippen LogP contribution in [-0.2, 0) is 4.79 Å². The van der Waals surface area contributed by atoms with Crippen LogP contribution in [0.5, 0.6) is 0 Å². The maximum atomic E-state index is 12.6. The third-order valence-corrected chi connectivity index (χ3v) is 5.87. The molecule has 0 unspecified atom stereocenters. The van der Waals surface area contributed by atoms with Crippen LogP contribution in [0.1, 0.15) is 40.2 Å². The van der Waals surface area contributed by atoms with Crippen LogP contribution in [0.25, 0.3) is 6.08 Å². The smallest absolute Gasteiger partial charge is 0.264 e. The molecule has 1 aromatic heterocycles. The van der Waals surface area contributed by atoms with Crippen LogP contribution < -0.4 is 5.32 Å². The zero-order valence-electron chi connectivity index (χ0n) is 15.7. The van der Waals surface area contributed by atoms with E-state index in [2.05, 4.69) is 11.4 Å². The molecule has 0 spiro atoms. The van der Waals surface area contributed by atoms with E-state index in [4.69, 9.17) is 23.2 Å². The Balaban J connectivity index is 2.24. The molecular weight excluding hydrogens is 417 g/mol. The molecule has 5 nitrogen and oxygen atoms in total. The summed E-state index contributed by atoms with van der Waals surface area (Å²) < 4.78 is 0. The Morgan fingerprint density at radius 3 is 2.54 bits per heavy atom. The molecule has 1 aromatic carbocycles. The summed E-state index contributed by atoms with van der Waals surface area (Å²) in [5, 5.41) is 13.4. The van der Waals surface area contributed by atoms with Crippen LogP contribution in [0.4, 0.5) is 5.00 Å². The molecule has 0 radical (unpaired) electrons. The molecule has 2 aromatic rings. The van der Waals surface area contributed by atoms with Gasteiger partial charge in [-0.05, 0) is 50.1 Å². The summed E-state index contributed by atoms with van der Waals surface area (Å²) in [6.07, 6.45) is 2.87. The van der Waals surface area contributed by atoms with Gasteiger partial charge in [-0.1, -0.05) is 29.3 Å². The van der Waals surface area contributed by atoms with Crippen molar-refractivity contribution in [2.24, 2.45) is 0 Å². The Hall–Kier alpha value is -2.33. The summed E-state index contributed by atoms with van der Waals surface area (Å²) in [5.74, 6) is -0.571. The van der Waals surface area contributed by atoms with E-state index in [0.717, 1.165) is 11.3 Å². The lowest BCUT2D eigenvalue weighted by Gasteiger charge is -2.17. The maximum Gasteiger partial charge on any atom is 0.264 e. The third-order valence-electron chi connectivity index (χ3n) is 4.12. The van der Waals surface area contributed by atoms with E-state index in [1.807, 2.05) is 13.8 Å². The molecule has 2 amide bonds. The minimum absolute atomic E-state index is 0.145. The first-order valence-electron chi connectivity index (χ1n) is 8.59. The molecule has 0 saturated carbocycles. The fraction of sp³-hybridized carbons (Fsp3) is 0.250. The predicted octanol–water partition coefficient (Wildman–Crippen LogP) is 5.37. The van der Waals surface area contributed by atoms with Crippen molar-refractivity contribution < 1.29 is 9.59 Å². The number of halogens is 2. The second-order valence-electron chi connectivity index (χ2n) is 5.84. The van der Waals surface area contributed by atoms with Gasteiger partial charge in [-0.3, -0.25) is 9.59 Å². The number of amides is 2. The molecule has 146 valence electrons. The number of nitrogens with one attached hydrogen (secondary N) is 1. The van der Waals surface area contributed by atoms with E-state index in [9.17, 15) is 14.9 Å². The summed E-state index contributed by atoms with van der Waals surface area (Å²) in [5.41, 5.74) is 1.51. The number of benzene rings is 1. The summed E-state index contributed by atoms with van der Waals surface area (Å²) in [4.78, 5) is 27.1. The first-order valence-corrected chi connectivity index (χ1v) is 10.2. The maximum absolute atomic E-state index is 12.6. The normalized spacial score (nSPS) is 10.7. The summed E-state index contributed by atoms with van der Waals surface area (Å²) >= 11 is 13.1. The van der Waals surface area contributed by atoms with Gasteiger partial charge in [0.2, 0.25) is 5.91 Å². The number of rotatable bonds is 6. The molecule has 1 heterocycles. The minimum Gasteiger partial charge on any atom is -0.338 e. The van der Waals surface area contributed by atoms with Crippen LogP contribution in [0.15, 0.2) is 24.3 Å². The lowest BCUT2D eigenvalue weighted by molar-refractivity contribution is -0.111. The van der Waals surface area contributed by atoms with Crippen molar-refractivity contribution in [3.8, 4) is 6.07 Å². The van der Waals surface area contributed by atoms with Crippen molar-refractivity contribution in [3.05, 3.63) is 55.9 Å². The molecule has 0 aliphatic rings. The number of nitrogens with zero attached hydrogens (tertiary/aromatic N) is 2. The molecular formula is C20H19Cl2N3O2S. The van der Waals surface area contributed by atoms with E-state index in [0.29, 0.717) is 49.7 Å². The van der Waals surface area contributed by atoms with E-state index >= 15 is 0 Å². The zero-order valence-corrected chi connectivity index (χ0v) is 18.0. The van der Waals surface area contributed by atoms with Gasteiger partial charge >= 0.3 is 0 Å². The third kappa shape index (κ3) is 4.93. The highest BCUT2D eigenvalue weighted by molar-refractivity contribution is 7.18. The monoisotopic (exact) mass is 435 g/mol. The van der Waals surface area contributed by atoms with Gasteiger partial charge in [0.1, 0.15) is 11.1 Å². The van der Waals surface area contributed by atoms with Crippen LogP contribution in [0.3, 0.4) is 0 Å². The molecule has 28 heavy (non-hydrogen) atoms. The Bertz CT molecular complexity index is 973. The van der Waals surface area contributed by atoms with Crippen molar-refractivity contribution in [1.82, 2.24) is 4.90 Å². The Morgan fingerprint density at radius 1 is 1.29 bits per heavy atom. The van der Waals surface area contributed by atoms with E-state index < -0.39 is 5.91 Å². The summed E-state index contributed by atoms with van der Waals surface area (Å²) in [6.45, 7) is 6.64. The van der Waals surface area contributed by atoms with Crippen LogP contribution in [0.2, 0.25) is 10.0 Å². The number of anilines is 1. The number of hydrogen-bond acceptors (Lipinski definition) is 4. The summed E-state index contributed by atoms with van der Waals surface area (Å²) in [6, 6.07) is 7.03. The second-order valence-corrected chi connectivity index (χ2v) is 7.70. The molecule has 8 heteroatoms. The van der Waals surface area contributed by atoms with Crippen molar-refractivity contribution in [1.29, 1.82) is 5.26 Å². The lowest BCUT2D eigenvalue weighted by Crippen LogP contribution is -2.30. The fourth-order valence-electron chi connectivity index (χ4n) is 2.55. The van der Waals surface area contributed by atoms with Gasteiger partial charge in [0.25, 0.3) is 5.91 Å². The zero-order chi connectivity index (χ0) is 20.8. The minimum atomic E-state index is -0.425. The second kappa shape index (κ2) is 9.74. The average molecular weight is 436 g/mol. The Labute approximate surface area is 178 Å². The predicted molar refractivity (Wildman–Crippen MR) is 115 cm³/mol. The van der Waals surface area contributed by atoms with Gasteiger partial charge in [0.05, 0.1) is 10.4 Å². The fourth-order valence-corrected chi connectivity index (χ4v) is 4.15. The van der Waals surface area contributed by atoms with Crippen molar-refractivity contribution in [2.45, 2.75) is 20.8 Å². The van der Waals surface area contributed by atoms with E-state index in [1.54, 1.807) is 36.1 Å². The summed E-state index contributed by atoms with van der Waals surface area (Å²) in [7, 11) is 0. The number of carbonyl (C=O) groups excluding carboxylic acids is 2. The van der Waals surface area contributed by atoms with Gasteiger partial charge in [0.15, 0.2) is 0 Å². The molecule has 0 aliphatic carbocycles. The highest BCUT2D eigenvalue weighted by Crippen LogP contribution is 2.33. The number of hydrogen-bond donors (Lipinski definition) is 1.